The molecule has 0 aliphatic heterocycles. The Morgan fingerprint density at radius 3 is 2.60 bits per heavy atom. The summed E-state index contributed by atoms with van der Waals surface area (Å²) in [5.41, 5.74) is 1.40. The van der Waals surface area contributed by atoms with E-state index >= 15 is 0 Å². The first-order chi connectivity index (χ1) is 9.45. The van der Waals surface area contributed by atoms with Crippen LogP contribution in [0.4, 0.5) is 16.3 Å². The van der Waals surface area contributed by atoms with Gasteiger partial charge in [-0.05, 0) is 52.7 Å². The molecule has 2 rings (SSSR count). The zero-order valence-corrected chi connectivity index (χ0v) is 13.5. The molecule has 2 N–H and O–H groups in total. The summed E-state index contributed by atoms with van der Waals surface area (Å²) >= 11 is 15.0. The van der Waals surface area contributed by atoms with Gasteiger partial charge in [0.25, 0.3) is 0 Å². The fraction of sp³-hybridized carbons (Fsp3) is 0.0769. The van der Waals surface area contributed by atoms with Crippen LogP contribution in [0.2, 0.25) is 10.0 Å². The Morgan fingerprint density at radius 1 is 1.20 bits per heavy atom. The summed E-state index contributed by atoms with van der Waals surface area (Å²) < 4.78 is 0.852. The minimum Gasteiger partial charge on any atom is -0.308 e. The summed E-state index contributed by atoms with van der Waals surface area (Å²) in [5.74, 6) is 0.491. The highest BCUT2D eigenvalue weighted by Gasteiger charge is 2.07. The number of carbonyl (C=O) groups is 1. The number of pyridine rings is 1. The molecule has 0 aliphatic carbocycles. The van der Waals surface area contributed by atoms with Gasteiger partial charge in [0.15, 0.2) is 0 Å². The van der Waals surface area contributed by atoms with Crippen LogP contribution in [0.15, 0.2) is 34.9 Å². The molecule has 0 saturated carbocycles. The van der Waals surface area contributed by atoms with Crippen molar-refractivity contribution in [1.82, 2.24) is 4.98 Å². The highest BCUT2D eigenvalue weighted by molar-refractivity contribution is 9.10. The van der Waals surface area contributed by atoms with Gasteiger partial charge in [0.2, 0.25) is 0 Å². The zero-order valence-electron chi connectivity index (χ0n) is 10.4. The molecule has 1 heterocycles. The summed E-state index contributed by atoms with van der Waals surface area (Å²) in [6, 6.07) is 6.31. The SMILES string of the molecule is Cc1cc(Br)cnc1NC(=O)Nc1ccc(Cl)c(Cl)c1. The molecule has 2 aromatic rings. The zero-order chi connectivity index (χ0) is 14.7. The molecule has 104 valence electrons. The molecule has 0 aliphatic rings. The molecule has 20 heavy (non-hydrogen) atoms. The Morgan fingerprint density at radius 2 is 1.95 bits per heavy atom. The molecule has 0 spiro atoms. The van der Waals surface area contributed by atoms with Crippen molar-refractivity contribution in [2.45, 2.75) is 6.92 Å². The van der Waals surface area contributed by atoms with Crippen LogP contribution in [-0.4, -0.2) is 11.0 Å². The van der Waals surface area contributed by atoms with Gasteiger partial charge < -0.3 is 5.32 Å². The van der Waals surface area contributed by atoms with E-state index in [0.717, 1.165) is 10.0 Å². The Bertz CT molecular complexity index is 664. The van der Waals surface area contributed by atoms with Crippen LogP contribution in [0, 0.1) is 6.92 Å². The fourth-order valence-corrected chi connectivity index (χ4v) is 2.26. The second-order valence-corrected chi connectivity index (χ2v) is 5.76. The number of hydrogen-bond donors (Lipinski definition) is 2. The van der Waals surface area contributed by atoms with Crippen LogP contribution in [0.25, 0.3) is 0 Å². The standard InChI is InChI=1S/C13H10BrCl2N3O/c1-7-4-8(14)6-17-12(7)19-13(20)18-9-2-3-10(15)11(16)5-9/h2-6H,1H3,(H2,17,18,19,20). The lowest BCUT2D eigenvalue weighted by molar-refractivity contribution is 0.262. The van der Waals surface area contributed by atoms with E-state index in [-0.39, 0.29) is 0 Å². The van der Waals surface area contributed by atoms with Crippen molar-refractivity contribution in [3.63, 3.8) is 0 Å². The van der Waals surface area contributed by atoms with Crippen molar-refractivity contribution < 1.29 is 4.79 Å². The predicted octanol–water partition coefficient (Wildman–Crippen LogP) is 5.10. The first-order valence-electron chi connectivity index (χ1n) is 5.61. The third-order valence-electron chi connectivity index (χ3n) is 2.45. The molecular weight excluding hydrogens is 365 g/mol. The summed E-state index contributed by atoms with van der Waals surface area (Å²) in [6.45, 7) is 1.85. The Balaban J connectivity index is 2.07. The first kappa shape index (κ1) is 15.1. The Hall–Kier alpha value is -1.30. The van der Waals surface area contributed by atoms with E-state index in [4.69, 9.17) is 23.2 Å². The Kier molecular flexibility index (Phi) is 4.86. The third kappa shape index (κ3) is 3.85. The maximum absolute atomic E-state index is 11.9. The molecule has 1 aromatic carbocycles. The van der Waals surface area contributed by atoms with Crippen molar-refractivity contribution in [1.29, 1.82) is 0 Å². The monoisotopic (exact) mass is 373 g/mol. The molecule has 0 bridgehead atoms. The van der Waals surface area contributed by atoms with E-state index in [1.165, 1.54) is 0 Å². The lowest BCUT2D eigenvalue weighted by Gasteiger charge is -2.09. The van der Waals surface area contributed by atoms with E-state index in [2.05, 4.69) is 31.5 Å². The van der Waals surface area contributed by atoms with E-state index in [9.17, 15) is 4.79 Å². The lowest BCUT2D eigenvalue weighted by atomic mass is 10.3. The smallest absolute Gasteiger partial charge is 0.308 e. The predicted molar refractivity (Wildman–Crippen MR) is 85.8 cm³/mol. The summed E-state index contributed by atoms with van der Waals surface area (Å²) in [7, 11) is 0. The second-order valence-electron chi connectivity index (χ2n) is 4.03. The second kappa shape index (κ2) is 6.43. The van der Waals surface area contributed by atoms with Crippen molar-refractivity contribution in [3.8, 4) is 0 Å². The van der Waals surface area contributed by atoms with Gasteiger partial charge in [0.05, 0.1) is 10.0 Å². The van der Waals surface area contributed by atoms with Crippen LogP contribution >= 0.6 is 39.1 Å². The Labute approximate surface area is 134 Å². The number of aryl methyl sites for hydroxylation is 1. The van der Waals surface area contributed by atoms with Gasteiger partial charge in [-0.15, -0.1) is 0 Å². The van der Waals surface area contributed by atoms with Crippen molar-refractivity contribution in [2.75, 3.05) is 10.6 Å². The number of halogens is 3. The number of rotatable bonds is 2. The van der Waals surface area contributed by atoms with Crippen molar-refractivity contribution >= 4 is 56.7 Å². The number of urea groups is 1. The van der Waals surface area contributed by atoms with Crippen LogP contribution in [0.1, 0.15) is 5.56 Å². The summed E-state index contributed by atoms with van der Waals surface area (Å²) in [4.78, 5) is 16.0. The largest absolute Gasteiger partial charge is 0.324 e. The summed E-state index contributed by atoms with van der Waals surface area (Å²) in [5, 5.41) is 6.13. The molecular formula is C13H10BrCl2N3O. The molecule has 0 atom stereocenters. The maximum atomic E-state index is 11.9. The van der Waals surface area contributed by atoms with E-state index < -0.39 is 6.03 Å². The van der Waals surface area contributed by atoms with Gasteiger partial charge in [-0.1, -0.05) is 23.2 Å². The minimum absolute atomic E-state index is 0.377. The normalized spacial score (nSPS) is 10.2. The molecule has 7 heteroatoms. The number of benzene rings is 1. The van der Waals surface area contributed by atoms with Crippen molar-refractivity contribution in [2.24, 2.45) is 0 Å². The van der Waals surface area contributed by atoms with Gasteiger partial charge in [0.1, 0.15) is 5.82 Å². The number of aromatic nitrogens is 1. The molecule has 0 saturated heterocycles. The highest BCUT2D eigenvalue weighted by Crippen LogP contribution is 2.25. The van der Waals surface area contributed by atoms with Crippen LogP contribution < -0.4 is 10.6 Å². The topological polar surface area (TPSA) is 54.0 Å². The van der Waals surface area contributed by atoms with Crippen molar-refractivity contribution in [3.05, 3.63) is 50.5 Å². The number of nitrogens with zero attached hydrogens (tertiary/aromatic N) is 1. The number of carbonyl (C=O) groups excluding carboxylic acids is 1. The summed E-state index contributed by atoms with van der Waals surface area (Å²) in [6.07, 6.45) is 1.61. The number of anilines is 2. The number of hydrogen-bond acceptors (Lipinski definition) is 2. The fourth-order valence-electron chi connectivity index (χ4n) is 1.52. The van der Waals surface area contributed by atoms with Crippen LogP contribution in [0.5, 0.6) is 0 Å². The molecule has 0 unspecified atom stereocenters. The van der Waals surface area contributed by atoms with E-state index in [1.807, 2.05) is 13.0 Å². The first-order valence-corrected chi connectivity index (χ1v) is 7.16. The van der Waals surface area contributed by atoms with Gasteiger partial charge in [0, 0.05) is 16.4 Å². The average Bonchev–Trinajstić information content (AvgIpc) is 2.37. The lowest BCUT2D eigenvalue weighted by Crippen LogP contribution is -2.20. The molecule has 0 radical (unpaired) electrons. The van der Waals surface area contributed by atoms with Gasteiger partial charge in [-0.3, -0.25) is 5.32 Å². The minimum atomic E-state index is -0.402. The van der Waals surface area contributed by atoms with Gasteiger partial charge >= 0.3 is 6.03 Å². The van der Waals surface area contributed by atoms with Gasteiger partial charge in [-0.2, -0.15) is 0 Å². The maximum Gasteiger partial charge on any atom is 0.324 e. The van der Waals surface area contributed by atoms with Crippen LogP contribution in [-0.2, 0) is 0 Å². The van der Waals surface area contributed by atoms with E-state index in [1.54, 1.807) is 24.4 Å². The number of nitrogens with one attached hydrogen (secondary N) is 2. The quantitative estimate of drug-likeness (QED) is 0.767. The molecule has 1 aromatic heterocycles. The highest BCUT2D eigenvalue weighted by atomic mass is 79.9. The third-order valence-corrected chi connectivity index (χ3v) is 3.63. The molecule has 2 amide bonds. The van der Waals surface area contributed by atoms with E-state index in [0.29, 0.717) is 21.6 Å². The molecule has 0 fully saturated rings. The molecule has 4 nitrogen and oxygen atoms in total. The van der Waals surface area contributed by atoms with Crippen LogP contribution in [0.3, 0.4) is 0 Å². The van der Waals surface area contributed by atoms with Gasteiger partial charge in [-0.25, -0.2) is 9.78 Å². The number of amides is 2. The average molecular weight is 375 g/mol.